The Morgan fingerprint density at radius 3 is 2.13 bits per heavy atom. The lowest BCUT2D eigenvalue weighted by molar-refractivity contribution is -0.140. The number of carbonyl (C=O) groups excluding carboxylic acids is 2. The van der Waals surface area contributed by atoms with Crippen LogP contribution in [-0.2, 0) is 28.0 Å². The van der Waals surface area contributed by atoms with Crippen molar-refractivity contribution in [2.75, 3.05) is 6.54 Å². The predicted octanol–water partition coefficient (Wildman–Crippen LogP) is 5.00. The monoisotopic (exact) mass is 426 g/mol. The van der Waals surface area contributed by atoms with Crippen molar-refractivity contribution in [3.8, 4) is 0 Å². The minimum Gasteiger partial charge on any atom is -0.354 e. The zero-order valence-corrected chi connectivity index (χ0v) is 19.4. The molecule has 168 valence electrons. The Balaban J connectivity index is 2.10. The van der Waals surface area contributed by atoms with Crippen molar-refractivity contribution in [3.63, 3.8) is 0 Å². The molecular formula is C26H35FN2O2. The van der Waals surface area contributed by atoms with E-state index >= 15 is 0 Å². The summed E-state index contributed by atoms with van der Waals surface area (Å²) in [5.41, 5.74) is 3.22. The molecule has 0 radical (unpaired) electrons. The number of benzene rings is 2. The molecule has 0 unspecified atom stereocenters. The lowest BCUT2D eigenvalue weighted by Gasteiger charge is -2.29. The number of rotatable bonds is 9. The van der Waals surface area contributed by atoms with E-state index in [1.807, 2.05) is 6.92 Å². The zero-order valence-electron chi connectivity index (χ0n) is 19.4. The summed E-state index contributed by atoms with van der Waals surface area (Å²) < 4.78 is 13.3. The molecule has 2 rings (SSSR count). The molecule has 0 aromatic heterocycles. The quantitative estimate of drug-likeness (QED) is 0.613. The number of nitrogens with zero attached hydrogens (tertiary/aromatic N) is 1. The molecule has 4 nitrogen and oxygen atoms in total. The first-order valence-corrected chi connectivity index (χ1v) is 11.0. The lowest BCUT2D eigenvalue weighted by Crippen LogP contribution is -2.47. The van der Waals surface area contributed by atoms with Gasteiger partial charge in [-0.25, -0.2) is 4.39 Å². The molecule has 2 amide bonds. The molecule has 1 N–H and O–H groups in total. The first-order valence-electron chi connectivity index (χ1n) is 11.0. The van der Waals surface area contributed by atoms with Crippen LogP contribution in [0.5, 0.6) is 0 Å². The molecule has 0 heterocycles. The van der Waals surface area contributed by atoms with Gasteiger partial charge < -0.3 is 10.2 Å². The average Bonchev–Trinajstić information content (AvgIpc) is 2.74. The molecule has 0 spiro atoms. The van der Waals surface area contributed by atoms with Gasteiger partial charge in [0.15, 0.2) is 0 Å². The SMILES string of the molecule is CCCNC(=O)[C@@H](C)N(Cc1ccc(F)cc1)C(=O)CCc1ccc(C(C)(C)C)cc1. The van der Waals surface area contributed by atoms with Crippen LogP contribution in [-0.4, -0.2) is 29.3 Å². The predicted molar refractivity (Wildman–Crippen MR) is 123 cm³/mol. The summed E-state index contributed by atoms with van der Waals surface area (Å²) >= 11 is 0. The van der Waals surface area contributed by atoms with E-state index in [9.17, 15) is 14.0 Å². The Hall–Kier alpha value is -2.69. The molecule has 0 aliphatic heterocycles. The van der Waals surface area contributed by atoms with Crippen LogP contribution in [0, 0.1) is 5.82 Å². The van der Waals surface area contributed by atoms with E-state index in [4.69, 9.17) is 0 Å². The van der Waals surface area contributed by atoms with Gasteiger partial charge in [-0.15, -0.1) is 0 Å². The molecule has 1 atom stereocenters. The topological polar surface area (TPSA) is 49.4 Å². The third kappa shape index (κ3) is 7.50. The van der Waals surface area contributed by atoms with E-state index in [0.29, 0.717) is 19.4 Å². The first kappa shape index (κ1) is 24.6. The molecular weight excluding hydrogens is 391 g/mol. The van der Waals surface area contributed by atoms with Gasteiger partial charge in [0.25, 0.3) is 0 Å². The normalized spacial score (nSPS) is 12.3. The molecule has 0 saturated carbocycles. The summed E-state index contributed by atoms with van der Waals surface area (Å²) in [7, 11) is 0. The number of carbonyl (C=O) groups is 2. The van der Waals surface area contributed by atoms with Crippen molar-refractivity contribution >= 4 is 11.8 Å². The van der Waals surface area contributed by atoms with Gasteiger partial charge >= 0.3 is 0 Å². The number of halogens is 1. The highest BCUT2D eigenvalue weighted by Gasteiger charge is 2.25. The number of amides is 2. The Bertz CT molecular complexity index is 854. The summed E-state index contributed by atoms with van der Waals surface area (Å²) in [4.78, 5) is 27.2. The summed E-state index contributed by atoms with van der Waals surface area (Å²) in [6, 6.07) is 13.8. The molecule has 0 fully saturated rings. The molecule has 2 aromatic carbocycles. The van der Waals surface area contributed by atoms with Crippen molar-refractivity contribution in [1.29, 1.82) is 0 Å². The van der Waals surface area contributed by atoms with Crippen molar-refractivity contribution in [2.24, 2.45) is 0 Å². The van der Waals surface area contributed by atoms with Gasteiger partial charge in [0.1, 0.15) is 11.9 Å². The Kier molecular flexibility index (Phi) is 8.78. The number of aryl methyl sites for hydroxylation is 1. The van der Waals surface area contributed by atoms with Crippen molar-refractivity contribution < 1.29 is 14.0 Å². The minimum atomic E-state index is -0.604. The average molecular weight is 427 g/mol. The maximum Gasteiger partial charge on any atom is 0.242 e. The van der Waals surface area contributed by atoms with Crippen LogP contribution in [0.1, 0.15) is 64.2 Å². The van der Waals surface area contributed by atoms with Gasteiger partial charge in [0.05, 0.1) is 0 Å². The summed E-state index contributed by atoms with van der Waals surface area (Å²) in [6.45, 7) is 11.1. The summed E-state index contributed by atoms with van der Waals surface area (Å²) in [5.74, 6) is -0.593. The van der Waals surface area contributed by atoms with Crippen LogP contribution in [0.3, 0.4) is 0 Å². The van der Waals surface area contributed by atoms with Crippen LogP contribution in [0.15, 0.2) is 48.5 Å². The minimum absolute atomic E-state index is 0.0849. The van der Waals surface area contributed by atoms with Gasteiger partial charge in [-0.3, -0.25) is 9.59 Å². The maximum absolute atomic E-state index is 13.3. The second kappa shape index (κ2) is 11.1. The number of nitrogens with one attached hydrogen (secondary N) is 1. The Morgan fingerprint density at radius 1 is 1.00 bits per heavy atom. The van der Waals surface area contributed by atoms with Crippen LogP contribution in [0.25, 0.3) is 0 Å². The number of hydrogen-bond donors (Lipinski definition) is 1. The molecule has 31 heavy (non-hydrogen) atoms. The maximum atomic E-state index is 13.3. The van der Waals surface area contributed by atoms with E-state index < -0.39 is 6.04 Å². The van der Waals surface area contributed by atoms with Gasteiger partial charge in [0, 0.05) is 19.5 Å². The fourth-order valence-corrected chi connectivity index (χ4v) is 3.33. The van der Waals surface area contributed by atoms with E-state index in [2.05, 4.69) is 50.4 Å². The molecule has 2 aromatic rings. The Morgan fingerprint density at radius 2 is 1.58 bits per heavy atom. The molecule has 5 heteroatoms. The fourth-order valence-electron chi connectivity index (χ4n) is 3.33. The highest BCUT2D eigenvalue weighted by Crippen LogP contribution is 2.22. The van der Waals surface area contributed by atoms with E-state index in [0.717, 1.165) is 17.5 Å². The second-order valence-corrected chi connectivity index (χ2v) is 9.06. The van der Waals surface area contributed by atoms with Crippen LogP contribution >= 0.6 is 0 Å². The lowest BCUT2D eigenvalue weighted by atomic mass is 9.86. The third-order valence-corrected chi connectivity index (χ3v) is 5.43. The van der Waals surface area contributed by atoms with Crippen molar-refractivity contribution in [3.05, 3.63) is 71.0 Å². The summed E-state index contributed by atoms with van der Waals surface area (Å²) in [5, 5.41) is 2.86. The molecule has 0 aliphatic rings. The van der Waals surface area contributed by atoms with Crippen LogP contribution in [0.4, 0.5) is 4.39 Å². The van der Waals surface area contributed by atoms with Gasteiger partial charge in [-0.2, -0.15) is 0 Å². The van der Waals surface area contributed by atoms with Crippen LogP contribution in [0.2, 0.25) is 0 Å². The van der Waals surface area contributed by atoms with E-state index in [1.54, 1.807) is 24.0 Å². The highest BCUT2D eigenvalue weighted by atomic mass is 19.1. The van der Waals surface area contributed by atoms with E-state index in [1.165, 1.54) is 17.7 Å². The summed E-state index contributed by atoms with van der Waals surface area (Å²) in [6.07, 6.45) is 1.74. The highest BCUT2D eigenvalue weighted by molar-refractivity contribution is 5.87. The van der Waals surface area contributed by atoms with Gasteiger partial charge in [-0.05, 0) is 54.0 Å². The number of hydrogen-bond acceptors (Lipinski definition) is 2. The van der Waals surface area contributed by atoms with Gasteiger partial charge in [-0.1, -0.05) is 64.1 Å². The van der Waals surface area contributed by atoms with Crippen LogP contribution < -0.4 is 5.32 Å². The second-order valence-electron chi connectivity index (χ2n) is 9.06. The molecule has 0 aliphatic carbocycles. The van der Waals surface area contributed by atoms with Crippen molar-refractivity contribution in [2.45, 2.75) is 71.9 Å². The fraction of sp³-hybridized carbons (Fsp3) is 0.462. The molecule has 0 saturated heterocycles. The standard InChI is InChI=1S/C26H35FN2O2/c1-6-17-28-25(31)19(2)29(18-21-9-14-23(27)15-10-21)24(30)16-11-20-7-12-22(13-8-20)26(3,4)5/h7-10,12-15,19H,6,11,16-18H2,1-5H3,(H,28,31)/t19-/m1/s1. The van der Waals surface area contributed by atoms with Crippen molar-refractivity contribution in [1.82, 2.24) is 10.2 Å². The largest absolute Gasteiger partial charge is 0.354 e. The first-order chi connectivity index (χ1) is 14.6. The van der Waals surface area contributed by atoms with E-state index in [-0.39, 0.29) is 29.6 Å². The smallest absolute Gasteiger partial charge is 0.242 e. The Labute approximate surface area is 185 Å². The third-order valence-electron chi connectivity index (χ3n) is 5.43. The molecule has 0 bridgehead atoms. The van der Waals surface area contributed by atoms with Gasteiger partial charge in [0.2, 0.25) is 11.8 Å². The zero-order chi connectivity index (χ0) is 23.0.